The van der Waals surface area contributed by atoms with Crippen molar-refractivity contribution in [2.45, 2.75) is 204 Å². The van der Waals surface area contributed by atoms with Gasteiger partial charge < -0.3 is 81.4 Å². The molecule has 0 aromatic rings. The van der Waals surface area contributed by atoms with Gasteiger partial charge in [-0.1, -0.05) is 0 Å². The van der Waals surface area contributed by atoms with E-state index in [1.807, 2.05) is 0 Å². The van der Waals surface area contributed by atoms with Gasteiger partial charge in [0.15, 0.2) is 0 Å². The van der Waals surface area contributed by atoms with Gasteiger partial charge in [-0.25, -0.2) is 0 Å². The first-order valence-electron chi connectivity index (χ1n) is 25.2. The number of unbranched alkanes of at least 4 members (excludes halogenated alkanes) is 2. The maximum atomic E-state index is 14.4. The normalized spacial score (nSPS) is 17.0. The van der Waals surface area contributed by atoms with Crippen LogP contribution in [0.25, 0.3) is 0 Å². The zero-order chi connectivity index (χ0) is 56.0. The fraction of sp³-hybridized carbons (Fsp3) is 0.792. The third kappa shape index (κ3) is 18.1. The Morgan fingerprint density at radius 1 is 0.452 bits per heavy atom. The van der Waals surface area contributed by atoms with E-state index in [2.05, 4.69) is 58.5 Å². The second-order valence-electron chi connectivity index (χ2n) is 22.7. The molecule has 2 aliphatic heterocycles. The second kappa shape index (κ2) is 25.6. The summed E-state index contributed by atoms with van der Waals surface area (Å²) in [6.07, 6.45) is 2.63. The monoisotopic (exact) mass is 1040 g/mol. The van der Waals surface area contributed by atoms with Crippen molar-refractivity contribution < 1.29 is 47.9 Å². The molecule has 2 atom stereocenters. The molecule has 0 aromatic carbocycles. The highest BCUT2D eigenvalue weighted by Crippen LogP contribution is 2.24. The summed E-state index contributed by atoms with van der Waals surface area (Å²) in [6.45, 7) is 19.3. The minimum atomic E-state index is -1.70. The number of amides is 10. The summed E-state index contributed by atoms with van der Waals surface area (Å²) >= 11 is 0. The van der Waals surface area contributed by atoms with Crippen LogP contribution in [0.3, 0.4) is 0 Å². The van der Waals surface area contributed by atoms with E-state index in [1.165, 1.54) is 83.1 Å². The fourth-order valence-corrected chi connectivity index (χ4v) is 7.79. The highest BCUT2D eigenvalue weighted by Gasteiger charge is 2.49. The van der Waals surface area contributed by atoms with E-state index in [-0.39, 0.29) is 38.5 Å². The van der Waals surface area contributed by atoms with Crippen LogP contribution in [0.2, 0.25) is 0 Å². The quantitative estimate of drug-likeness (QED) is 0.0354. The van der Waals surface area contributed by atoms with Crippen molar-refractivity contribution in [3.05, 3.63) is 0 Å². The van der Waals surface area contributed by atoms with Gasteiger partial charge in [-0.15, -0.1) is 0 Å². The van der Waals surface area contributed by atoms with Crippen LogP contribution in [0, 0.1) is 0 Å². The second-order valence-corrected chi connectivity index (χ2v) is 22.7. The van der Waals surface area contributed by atoms with Gasteiger partial charge in [0.2, 0.25) is 59.1 Å². The number of piperidine rings is 2. The van der Waals surface area contributed by atoms with Crippen molar-refractivity contribution >= 4 is 59.1 Å². The molecule has 0 spiro atoms. The minimum absolute atomic E-state index is 0.100. The number of hydrogen-bond acceptors (Lipinski definition) is 15. The molecule has 0 bridgehead atoms. The number of primary amides is 1. The van der Waals surface area contributed by atoms with E-state index in [4.69, 9.17) is 22.9 Å². The van der Waals surface area contributed by atoms with E-state index in [1.54, 1.807) is 0 Å². The zero-order valence-electron chi connectivity index (χ0n) is 45.4. The fourth-order valence-electron chi connectivity index (χ4n) is 7.79. The van der Waals surface area contributed by atoms with Gasteiger partial charge in [-0.2, -0.15) is 0 Å². The van der Waals surface area contributed by atoms with Crippen molar-refractivity contribution in [3.8, 4) is 0 Å². The molecule has 0 aromatic heterocycles. The van der Waals surface area contributed by atoms with Crippen LogP contribution in [0.15, 0.2) is 0 Å². The van der Waals surface area contributed by atoms with E-state index >= 15 is 0 Å². The van der Waals surface area contributed by atoms with Crippen molar-refractivity contribution in [1.29, 1.82) is 0 Å². The number of nitrogens with one attached hydrogen (secondary N) is 11. The molecular weight excluding hydrogens is 947 g/mol. The molecule has 416 valence electrons. The Labute approximate surface area is 430 Å². The number of rotatable bonds is 27. The zero-order valence-corrected chi connectivity index (χ0v) is 45.4. The largest absolute Gasteiger partial charge is 0.368 e. The summed E-state index contributed by atoms with van der Waals surface area (Å²) < 4.78 is 0. The molecule has 2 rings (SSSR count). The predicted octanol–water partition coefficient (Wildman–Crippen LogP) is -3.61. The molecule has 2 saturated heterocycles. The average molecular weight is 1040 g/mol. The van der Waals surface area contributed by atoms with Crippen LogP contribution >= 0.6 is 0 Å². The molecule has 2 heterocycles. The lowest BCUT2D eigenvalue weighted by atomic mass is 9.85. The first kappa shape index (κ1) is 63.6. The van der Waals surface area contributed by atoms with Crippen molar-refractivity contribution in [1.82, 2.24) is 58.5 Å². The Kier molecular flexibility index (Phi) is 22.3. The Balaban J connectivity index is 2.33. The van der Waals surface area contributed by atoms with Gasteiger partial charge in [0, 0.05) is 0 Å². The molecule has 0 aliphatic carbocycles. The molecule has 19 N–H and O–H groups in total. The summed E-state index contributed by atoms with van der Waals surface area (Å²) in [5.74, 6) is -7.02. The van der Waals surface area contributed by atoms with Crippen LogP contribution < -0.4 is 81.4 Å². The van der Waals surface area contributed by atoms with Crippen LogP contribution in [0.1, 0.15) is 147 Å². The van der Waals surface area contributed by atoms with Crippen LogP contribution in [0.5, 0.6) is 0 Å². The van der Waals surface area contributed by atoms with Gasteiger partial charge in [-0.05, 0) is 187 Å². The first-order valence-corrected chi connectivity index (χ1v) is 25.2. The Morgan fingerprint density at radius 2 is 0.753 bits per heavy atom. The molecule has 10 amide bonds. The summed E-state index contributed by atoms with van der Waals surface area (Å²) in [6, 6.07) is -2.38. The number of nitrogens with two attached hydrogens (primary N) is 4. The standard InChI is InChI=1S/C48H89N15O10/c1-41(2,52)34(67)59-45(9,10)37(70)62-47(19-25-53-26-20-47)39(72)56-30(18-14-16-24-50)32(65)58-44(7,8)36(69)61-46(11,12)38(71)63-48(21-27-54-28-22-48)40(73)55-29(17-13-15-23-49)31(64)57-43(5,6)35(68)60-42(3,4)33(51)66/h29-30,53-54H,13-28,49-50,52H2,1-12H3,(H2,51,66)(H,55,73)(H,56,72)(H,57,64)(H,58,65)(H,59,67)(H,60,68)(H,61,69)(H,62,70)(H,63,71)/t29-,30-/m0/s1. The lowest BCUT2D eigenvalue weighted by Gasteiger charge is -2.41. The SMILES string of the molecule is CC(C)(N)C(=O)NC(C)(C)C(=O)NC1(C(=O)N[C@@H](CCCCN)C(=O)NC(C)(C)C(=O)NC(C)(C)C(=O)NC2(C(=O)N[C@@H](CCCCN)C(=O)NC(C)(C)C(=O)NC(C)(C)C(N)=O)CCNCC2)CCNCC1. The van der Waals surface area contributed by atoms with E-state index in [9.17, 15) is 47.9 Å². The number of carbonyl (C=O) groups is 10. The van der Waals surface area contributed by atoms with Crippen LogP contribution in [-0.4, -0.2) is 155 Å². The van der Waals surface area contributed by atoms with Crippen molar-refractivity contribution in [2.75, 3.05) is 39.3 Å². The molecule has 0 saturated carbocycles. The highest BCUT2D eigenvalue weighted by atomic mass is 16.2. The number of hydrogen-bond donors (Lipinski definition) is 15. The van der Waals surface area contributed by atoms with Gasteiger partial charge in [0.1, 0.15) is 50.9 Å². The molecule has 25 heteroatoms. The van der Waals surface area contributed by atoms with E-state index in [0.29, 0.717) is 65.0 Å². The van der Waals surface area contributed by atoms with Gasteiger partial charge in [-0.3, -0.25) is 47.9 Å². The summed E-state index contributed by atoms with van der Waals surface area (Å²) in [5.41, 5.74) is 10.7. The molecule has 0 unspecified atom stereocenters. The first-order chi connectivity index (χ1) is 33.4. The van der Waals surface area contributed by atoms with Gasteiger partial charge in [0.25, 0.3) is 0 Å². The molecule has 73 heavy (non-hydrogen) atoms. The highest BCUT2D eigenvalue weighted by molar-refractivity contribution is 6.02. The third-order valence-corrected chi connectivity index (χ3v) is 13.2. The van der Waals surface area contributed by atoms with E-state index < -0.39 is 115 Å². The van der Waals surface area contributed by atoms with Crippen LogP contribution in [-0.2, 0) is 47.9 Å². The lowest BCUT2D eigenvalue weighted by molar-refractivity contribution is -0.142. The Morgan fingerprint density at radius 3 is 1.05 bits per heavy atom. The Hall–Kier alpha value is -5.50. The van der Waals surface area contributed by atoms with E-state index in [0.717, 1.165) is 0 Å². The molecule has 2 fully saturated rings. The summed E-state index contributed by atoms with van der Waals surface area (Å²) in [4.78, 5) is 137. The smallest absolute Gasteiger partial charge is 0.246 e. The van der Waals surface area contributed by atoms with Gasteiger partial charge >= 0.3 is 0 Å². The molecule has 0 radical (unpaired) electrons. The topological polar surface area (TPSA) is 407 Å². The van der Waals surface area contributed by atoms with Crippen molar-refractivity contribution in [3.63, 3.8) is 0 Å². The Bertz CT molecular complexity index is 2020. The molecule has 25 nitrogen and oxygen atoms in total. The van der Waals surface area contributed by atoms with Crippen LogP contribution in [0.4, 0.5) is 0 Å². The average Bonchev–Trinajstić information content (AvgIpc) is 3.27. The lowest BCUT2D eigenvalue weighted by Crippen LogP contribution is -2.71. The predicted molar refractivity (Wildman–Crippen MR) is 274 cm³/mol. The maximum Gasteiger partial charge on any atom is 0.246 e. The molecular formula is C48H89N15O10. The van der Waals surface area contributed by atoms with Gasteiger partial charge in [0.05, 0.1) is 5.54 Å². The summed E-state index contributed by atoms with van der Waals surface area (Å²) in [5, 5.41) is 30.9. The van der Waals surface area contributed by atoms with Crippen molar-refractivity contribution in [2.24, 2.45) is 22.9 Å². The summed E-state index contributed by atoms with van der Waals surface area (Å²) in [7, 11) is 0. The number of carbonyl (C=O) groups excluding carboxylic acids is 10. The minimum Gasteiger partial charge on any atom is -0.368 e. The molecule has 2 aliphatic rings. The third-order valence-electron chi connectivity index (χ3n) is 13.2. The maximum absolute atomic E-state index is 14.4.